The van der Waals surface area contributed by atoms with Crippen LogP contribution in [0.1, 0.15) is 28.8 Å². The highest BCUT2D eigenvalue weighted by molar-refractivity contribution is 5.97. The van der Waals surface area contributed by atoms with E-state index in [4.69, 9.17) is 5.11 Å². The van der Waals surface area contributed by atoms with Crippen molar-refractivity contribution in [1.82, 2.24) is 5.32 Å². The maximum absolute atomic E-state index is 12.0. The molecular formula is C12H14N2O4. The van der Waals surface area contributed by atoms with Gasteiger partial charge in [-0.1, -0.05) is 6.07 Å². The largest absolute Gasteiger partial charge is 0.394 e. The molecule has 6 heteroatoms. The fraction of sp³-hybridized carbons (Fsp3) is 0.417. The molecule has 0 bridgehead atoms. The van der Waals surface area contributed by atoms with Crippen molar-refractivity contribution in [2.45, 2.75) is 25.3 Å². The van der Waals surface area contributed by atoms with Gasteiger partial charge in [-0.25, -0.2) is 0 Å². The first-order valence-electron chi connectivity index (χ1n) is 5.66. The predicted octanol–water partition coefficient (Wildman–Crippen LogP) is 1.16. The summed E-state index contributed by atoms with van der Waals surface area (Å²) in [6.07, 6.45) is 1.48. The van der Waals surface area contributed by atoms with Gasteiger partial charge in [-0.2, -0.15) is 0 Å². The van der Waals surface area contributed by atoms with E-state index >= 15 is 0 Å². The van der Waals surface area contributed by atoms with Gasteiger partial charge < -0.3 is 10.4 Å². The van der Waals surface area contributed by atoms with Gasteiger partial charge in [0.1, 0.15) is 0 Å². The van der Waals surface area contributed by atoms with Crippen LogP contribution in [0.4, 0.5) is 5.69 Å². The number of nitrogens with zero attached hydrogens (tertiary/aromatic N) is 1. The third kappa shape index (κ3) is 2.33. The van der Waals surface area contributed by atoms with E-state index < -0.39 is 10.5 Å². The lowest BCUT2D eigenvalue weighted by Crippen LogP contribution is -2.39. The predicted molar refractivity (Wildman–Crippen MR) is 64.4 cm³/mol. The summed E-state index contributed by atoms with van der Waals surface area (Å²) < 4.78 is 0. The third-order valence-corrected chi connectivity index (χ3v) is 3.21. The summed E-state index contributed by atoms with van der Waals surface area (Å²) in [5.41, 5.74) is 0.323. The molecule has 0 aromatic heterocycles. The number of nitro benzene ring substituents is 1. The zero-order chi connectivity index (χ0) is 13.3. The Morgan fingerprint density at radius 2 is 2.22 bits per heavy atom. The number of amides is 1. The first-order chi connectivity index (χ1) is 8.47. The van der Waals surface area contributed by atoms with Crippen LogP contribution in [0.25, 0.3) is 0 Å². The molecule has 6 nitrogen and oxygen atoms in total. The Bertz CT molecular complexity index is 509. The second kappa shape index (κ2) is 4.38. The lowest BCUT2D eigenvalue weighted by Gasteiger charge is -2.15. The maximum atomic E-state index is 12.0. The van der Waals surface area contributed by atoms with Crippen LogP contribution in [0.3, 0.4) is 0 Å². The van der Waals surface area contributed by atoms with E-state index in [1.54, 1.807) is 13.0 Å². The van der Waals surface area contributed by atoms with E-state index in [0.29, 0.717) is 5.56 Å². The van der Waals surface area contributed by atoms with Crippen LogP contribution in [0.15, 0.2) is 18.2 Å². The number of nitro groups is 1. The van der Waals surface area contributed by atoms with Crippen molar-refractivity contribution < 1.29 is 14.8 Å². The average Bonchev–Trinajstić information content (AvgIpc) is 3.09. The van der Waals surface area contributed by atoms with Gasteiger partial charge in [0.15, 0.2) is 0 Å². The van der Waals surface area contributed by atoms with Gasteiger partial charge in [0.05, 0.1) is 17.1 Å². The van der Waals surface area contributed by atoms with Crippen molar-refractivity contribution in [3.63, 3.8) is 0 Å². The lowest BCUT2D eigenvalue weighted by atomic mass is 10.1. The monoisotopic (exact) mass is 250 g/mol. The third-order valence-electron chi connectivity index (χ3n) is 3.21. The Kier molecular flexibility index (Phi) is 3.04. The van der Waals surface area contributed by atoms with Crippen molar-refractivity contribution >= 4 is 11.6 Å². The van der Waals surface area contributed by atoms with Crippen molar-refractivity contribution in [1.29, 1.82) is 0 Å². The highest BCUT2D eigenvalue weighted by Crippen LogP contribution is 2.35. The van der Waals surface area contributed by atoms with Crippen LogP contribution < -0.4 is 5.32 Å². The van der Waals surface area contributed by atoms with Crippen molar-refractivity contribution in [2.75, 3.05) is 6.61 Å². The summed E-state index contributed by atoms with van der Waals surface area (Å²) >= 11 is 0. The number of aryl methyl sites for hydroxylation is 1. The number of non-ortho nitro benzene ring substituents is 1. The highest BCUT2D eigenvalue weighted by atomic mass is 16.6. The fourth-order valence-corrected chi connectivity index (χ4v) is 1.75. The summed E-state index contributed by atoms with van der Waals surface area (Å²) in [5.74, 6) is -0.372. The molecule has 0 saturated heterocycles. The van der Waals surface area contributed by atoms with Crippen LogP contribution in [0.5, 0.6) is 0 Å². The minimum Gasteiger partial charge on any atom is -0.394 e. The number of carbonyl (C=O) groups is 1. The molecule has 0 spiro atoms. The van der Waals surface area contributed by atoms with Crippen molar-refractivity contribution in [2.24, 2.45) is 0 Å². The molecule has 0 aliphatic heterocycles. The highest BCUT2D eigenvalue weighted by Gasteiger charge is 2.43. The van der Waals surface area contributed by atoms with E-state index in [0.717, 1.165) is 12.8 Å². The van der Waals surface area contributed by atoms with E-state index in [1.165, 1.54) is 12.1 Å². The lowest BCUT2D eigenvalue weighted by molar-refractivity contribution is -0.384. The quantitative estimate of drug-likeness (QED) is 0.619. The Morgan fingerprint density at radius 1 is 1.56 bits per heavy atom. The number of aliphatic hydroxyl groups excluding tert-OH is 1. The molecule has 1 saturated carbocycles. The average molecular weight is 250 g/mol. The number of hydrogen-bond donors (Lipinski definition) is 2. The molecule has 0 radical (unpaired) electrons. The molecule has 1 aromatic rings. The molecule has 1 aromatic carbocycles. The number of hydrogen-bond acceptors (Lipinski definition) is 4. The SMILES string of the molecule is Cc1ccc([N+](=O)[O-])cc1C(=O)NC1(CO)CC1. The number of nitrogens with one attached hydrogen (secondary N) is 1. The summed E-state index contributed by atoms with van der Waals surface area (Å²) in [4.78, 5) is 22.2. The van der Waals surface area contributed by atoms with E-state index in [1.807, 2.05) is 0 Å². The fourth-order valence-electron chi connectivity index (χ4n) is 1.75. The van der Waals surface area contributed by atoms with Crippen molar-refractivity contribution in [3.8, 4) is 0 Å². The summed E-state index contributed by atoms with van der Waals surface area (Å²) in [7, 11) is 0. The zero-order valence-corrected chi connectivity index (χ0v) is 9.97. The Morgan fingerprint density at radius 3 is 2.72 bits per heavy atom. The van der Waals surface area contributed by atoms with Crippen LogP contribution in [0.2, 0.25) is 0 Å². The van der Waals surface area contributed by atoms with Crippen LogP contribution in [-0.4, -0.2) is 28.1 Å². The standard InChI is InChI=1S/C12H14N2O4/c1-8-2-3-9(14(17)18)6-10(8)11(16)13-12(7-15)4-5-12/h2-3,6,15H,4-5,7H2,1H3,(H,13,16). The molecule has 2 N–H and O–H groups in total. The van der Waals surface area contributed by atoms with Gasteiger partial charge in [-0.3, -0.25) is 14.9 Å². The molecule has 18 heavy (non-hydrogen) atoms. The van der Waals surface area contributed by atoms with Gasteiger partial charge in [0, 0.05) is 17.7 Å². The minimum atomic E-state index is -0.533. The number of aliphatic hydroxyl groups is 1. The number of carbonyl (C=O) groups excluding carboxylic acids is 1. The summed E-state index contributed by atoms with van der Waals surface area (Å²) in [6, 6.07) is 4.18. The second-order valence-corrected chi connectivity index (χ2v) is 4.65. The molecular weight excluding hydrogens is 236 g/mol. The van der Waals surface area contributed by atoms with Gasteiger partial charge in [0.25, 0.3) is 11.6 Å². The van der Waals surface area contributed by atoms with E-state index in [2.05, 4.69) is 5.32 Å². The molecule has 0 atom stereocenters. The molecule has 1 aliphatic rings. The number of rotatable bonds is 4. The van der Waals surface area contributed by atoms with Gasteiger partial charge >= 0.3 is 0 Å². The first-order valence-corrected chi connectivity index (χ1v) is 5.66. The van der Waals surface area contributed by atoms with E-state index in [9.17, 15) is 14.9 Å². The first kappa shape index (κ1) is 12.5. The Hall–Kier alpha value is -1.95. The van der Waals surface area contributed by atoms with Crippen LogP contribution >= 0.6 is 0 Å². The number of benzene rings is 1. The molecule has 2 rings (SSSR count). The molecule has 0 heterocycles. The second-order valence-electron chi connectivity index (χ2n) is 4.65. The van der Waals surface area contributed by atoms with Crippen molar-refractivity contribution in [3.05, 3.63) is 39.4 Å². The zero-order valence-electron chi connectivity index (χ0n) is 9.97. The van der Waals surface area contributed by atoms with Gasteiger partial charge in [-0.05, 0) is 25.3 Å². The molecule has 1 aliphatic carbocycles. The summed E-state index contributed by atoms with van der Waals surface area (Å²) in [5, 5.41) is 22.5. The maximum Gasteiger partial charge on any atom is 0.270 e. The van der Waals surface area contributed by atoms with Gasteiger partial charge in [-0.15, -0.1) is 0 Å². The normalized spacial score (nSPS) is 16.1. The van der Waals surface area contributed by atoms with E-state index in [-0.39, 0.29) is 23.8 Å². The molecule has 0 unspecified atom stereocenters. The topological polar surface area (TPSA) is 92.5 Å². The Balaban J connectivity index is 2.24. The molecule has 1 amide bonds. The van der Waals surface area contributed by atoms with Crippen LogP contribution in [-0.2, 0) is 0 Å². The minimum absolute atomic E-state index is 0.104. The molecule has 1 fully saturated rings. The van der Waals surface area contributed by atoms with Gasteiger partial charge in [0.2, 0.25) is 0 Å². The Labute approximate surface area is 104 Å². The summed E-state index contributed by atoms with van der Waals surface area (Å²) in [6.45, 7) is 1.61. The smallest absolute Gasteiger partial charge is 0.270 e. The molecule has 96 valence electrons. The van der Waals surface area contributed by atoms with Crippen LogP contribution in [0, 0.1) is 17.0 Å².